The van der Waals surface area contributed by atoms with Gasteiger partial charge in [-0.1, -0.05) is 0 Å². The lowest BCUT2D eigenvalue weighted by molar-refractivity contribution is -0.383. The van der Waals surface area contributed by atoms with Crippen molar-refractivity contribution >= 4 is 17.1 Å². The second-order valence-electron chi connectivity index (χ2n) is 3.26. The molecule has 0 amide bonds. The number of rotatable bonds is 4. The maximum absolute atomic E-state index is 10.5. The Kier molecular flexibility index (Phi) is 3.46. The van der Waals surface area contributed by atoms with Crippen molar-refractivity contribution in [2.24, 2.45) is 0 Å². The molecule has 1 atom stereocenters. The molecule has 0 saturated heterocycles. The minimum atomic E-state index is -0.534. The molecular weight excluding hydrogens is 198 g/mol. The van der Waals surface area contributed by atoms with Crippen LogP contribution in [0.15, 0.2) is 18.2 Å². The lowest BCUT2D eigenvalue weighted by Crippen LogP contribution is -2.15. The number of nitro benzene ring substituents is 1. The van der Waals surface area contributed by atoms with E-state index >= 15 is 0 Å². The molecule has 0 aliphatic heterocycles. The quantitative estimate of drug-likeness (QED) is 0.391. The Morgan fingerprint density at radius 3 is 2.80 bits per heavy atom. The van der Waals surface area contributed by atoms with Crippen LogP contribution < -0.4 is 11.1 Å². The third-order valence-electron chi connectivity index (χ3n) is 1.83. The fourth-order valence-electron chi connectivity index (χ4n) is 1.10. The summed E-state index contributed by atoms with van der Waals surface area (Å²) in [5, 5.41) is 22.4. The molecule has 0 unspecified atom stereocenters. The highest BCUT2D eigenvalue weighted by atomic mass is 16.6. The number of nitrogens with one attached hydrogen (secondary N) is 1. The van der Waals surface area contributed by atoms with Crippen molar-refractivity contribution in [1.29, 1.82) is 0 Å². The topological polar surface area (TPSA) is 101 Å². The summed E-state index contributed by atoms with van der Waals surface area (Å²) >= 11 is 0. The predicted molar refractivity (Wildman–Crippen MR) is 57.7 cm³/mol. The van der Waals surface area contributed by atoms with E-state index in [4.69, 9.17) is 10.8 Å². The normalized spacial score (nSPS) is 12.1. The minimum absolute atomic E-state index is 0.107. The van der Waals surface area contributed by atoms with Gasteiger partial charge in [-0.25, -0.2) is 0 Å². The van der Waals surface area contributed by atoms with Crippen LogP contribution in [0.25, 0.3) is 0 Å². The first-order chi connectivity index (χ1) is 7.00. The molecule has 0 radical (unpaired) electrons. The minimum Gasteiger partial charge on any atom is -0.393 e. The summed E-state index contributed by atoms with van der Waals surface area (Å²) in [5.41, 5.74) is 6.13. The van der Waals surface area contributed by atoms with Gasteiger partial charge in [-0.2, -0.15) is 0 Å². The second kappa shape index (κ2) is 4.61. The van der Waals surface area contributed by atoms with Gasteiger partial charge in [0.1, 0.15) is 5.69 Å². The molecule has 0 aliphatic carbocycles. The van der Waals surface area contributed by atoms with E-state index in [0.717, 1.165) is 0 Å². The molecule has 15 heavy (non-hydrogen) atoms. The molecular formula is C9H13N3O3. The van der Waals surface area contributed by atoms with Crippen LogP contribution in [0.2, 0.25) is 0 Å². The van der Waals surface area contributed by atoms with Gasteiger partial charge in [0.2, 0.25) is 0 Å². The largest absolute Gasteiger partial charge is 0.393 e. The smallest absolute Gasteiger partial charge is 0.292 e. The van der Waals surface area contributed by atoms with E-state index in [2.05, 4.69) is 5.32 Å². The van der Waals surface area contributed by atoms with E-state index in [1.54, 1.807) is 13.0 Å². The summed E-state index contributed by atoms with van der Waals surface area (Å²) in [6, 6.07) is 4.36. The number of benzene rings is 1. The number of nitrogens with zero attached hydrogens (tertiary/aromatic N) is 1. The van der Waals surface area contributed by atoms with Crippen LogP contribution >= 0.6 is 0 Å². The third kappa shape index (κ3) is 3.10. The summed E-state index contributed by atoms with van der Waals surface area (Å²) in [7, 11) is 0. The van der Waals surface area contributed by atoms with Crippen LogP contribution in [0.5, 0.6) is 0 Å². The van der Waals surface area contributed by atoms with Crippen molar-refractivity contribution in [2.75, 3.05) is 17.6 Å². The maximum Gasteiger partial charge on any atom is 0.292 e. The van der Waals surface area contributed by atoms with E-state index < -0.39 is 11.0 Å². The van der Waals surface area contributed by atoms with Gasteiger partial charge in [0.25, 0.3) is 5.69 Å². The Hall–Kier alpha value is -1.82. The van der Waals surface area contributed by atoms with E-state index in [9.17, 15) is 10.1 Å². The number of nitrogen functional groups attached to an aromatic ring is 1. The zero-order valence-corrected chi connectivity index (χ0v) is 8.30. The van der Waals surface area contributed by atoms with Crippen LogP contribution in [0.3, 0.4) is 0 Å². The molecule has 1 rings (SSSR count). The van der Waals surface area contributed by atoms with Crippen molar-refractivity contribution in [1.82, 2.24) is 0 Å². The summed E-state index contributed by atoms with van der Waals surface area (Å²) in [6.07, 6.45) is -0.485. The Morgan fingerprint density at radius 1 is 1.67 bits per heavy atom. The Balaban J connectivity index is 2.78. The zero-order chi connectivity index (χ0) is 11.4. The third-order valence-corrected chi connectivity index (χ3v) is 1.83. The molecule has 0 saturated carbocycles. The van der Waals surface area contributed by atoms with Gasteiger partial charge in [-0.15, -0.1) is 0 Å². The monoisotopic (exact) mass is 211 g/mol. The molecule has 82 valence electrons. The maximum atomic E-state index is 10.5. The molecule has 0 spiro atoms. The van der Waals surface area contributed by atoms with Gasteiger partial charge < -0.3 is 16.2 Å². The van der Waals surface area contributed by atoms with E-state index in [1.807, 2.05) is 0 Å². The van der Waals surface area contributed by atoms with Gasteiger partial charge in [-0.3, -0.25) is 10.1 Å². The first-order valence-corrected chi connectivity index (χ1v) is 4.46. The highest BCUT2D eigenvalue weighted by molar-refractivity contribution is 5.65. The average Bonchev–Trinajstić information content (AvgIpc) is 2.14. The summed E-state index contributed by atoms with van der Waals surface area (Å²) in [5.74, 6) is 0. The van der Waals surface area contributed by atoms with Gasteiger partial charge in [0.05, 0.1) is 11.0 Å². The van der Waals surface area contributed by atoms with Gasteiger partial charge >= 0.3 is 0 Å². The molecule has 6 heteroatoms. The lowest BCUT2D eigenvalue weighted by atomic mass is 10.2. The first-order valence-electron chi connectivity index (χ1n) is 4.46. The van der Waals surface area contributed by atoms with Crippen LogP contribution in [0.1, 0.15) is 6.92 Å². The molecule has 0 aliphatic rings. The number of hydrogen-bond acceptors (Lipinski definition) is 5. The highest BCUT2D eigenvalue weighted by Crippen LogP contribution is 2.24. The summed E-state index contributed by atoms with van der Waals surface area (Å²) in [6.45, 7) is 2.01. The zero-order valence-electron chi connectivity index (χ0n) is 8.30. The highest BCUT2D eigenvalue weighted by Gasteiger charge is 2.10. The molecule has 1 aromatic carbocycles. The number of hydrogen-bond donors (Lipinski definition) is 3. The average molecular weight is 211 g/mol. The molecule has 0 fully saturated rings. The fourth-order valence-corrected chi connectivity index (χ4v) is 1.10. The van der Waals surface area contributed by atoms with Crippen LogP contribution in [0, 0.1) is 10.1 Å². The standard InChI is InChI=1S/C9H13N3O3/c1-6(13)5-11-7-2-3-9(12(14)15)8(10)4-7/h2-4,6,11,13H,5,10H2,1H3/t6-/m0/s1. The van der Waals surface area contributed by atoms with E-state index in [0.29, 0.717) is 12.2 Å². The van der Waals surface area contributed by atoms with Crippen LogP contribution in [-0.4, -0.2) is 22.7 Å². The molecule has 1 aromatic rings. The SMILES string of the molecule is C[C@H](O)CNc1ccc([N+](=O)[O-])c(N)c1. The number of aliphatic hydroxyl groups is 1. The number of anilines is 2. The molecule has 0 aromatic heterocycles. The summed E-state index contributed by atoms with van der Waals surface area (Å²) in [4.78, 5) is 9.93. The van der Waals surface area contributed by atoms with Crippen molar-refractivity contribution < 1.29 is 10.0 Å². The van der Waals surface area contributed by atoms with Crippen LogP contribution in [-0.2, 0) is 0 Å². The Morgan fingerprint density at radius 2 is 2.33 bits per heavy atom. The van der Waals surface area contributed by atoms with E-state index in [-0.39, 0.29) is 11.4 Å². The number of nitro groups is 1. The Bertz CT molecular complexity index is 366. The number of nitrogens with two attached hydrogens (primary N) is 1. The van der Waals surface area contributed by atoms with Gasteiger partial charge in [-0.05, 0) is 19.1 Å². The summed E-state index contributed by atoms with van der Waals surface area (Å²) < 4.78 is 0. The fraction of sp³-hybridized carbons (Fsp3) is 0.333. The Labute approximate surface area is 86.9 Å². The first kappa shape index (κ1) is 11.3. The number of aliphatic hydroxyl groups excluding tert-OH is 1. The van der Waals surface area contributed by atoms with Crippen molar-refractivity contribution in [2.45, 2.75) is 13.0 Å². The molecule has 0 bridgehead atoms. The van der Waals surface area contributed by atoms with Crippen LogP contribution in [0.4, 0.5) is 17.1 Å². The predicted octanol–water partition coefficient (Wildman–Crippen LogP) is 0.970. The van der Waals surface area contributed by atoms with Crippen molar-refractivity contribution in [3.63, 3.8) is 0 Å². The molecule has 6 nitrogen and oxygen atoms in total. The lowest BCUT2D eigenvalue weighted by Gasteiger charge is -2.08. The van der Waals surface area contributed by atoms with Crippen molar-refractivity contribution in [3.8, 4) is 0 Å². The van der Waals surface area contributed by atoms with Crippen molar-refractivity contribution in [3.05, 3.63) is 28.3 Å². The molecule has 0 heterocycles. The second-order valence-corrected chi connectivity index (χ2v) is 3.26. The molecule has 4 N–H and O–H groups in total. The van der Waals surface area contributed by atoms with Gasteiger partial charge in [0, 0.05) is 18.3 Å². The van der Waals surface area contributed by atoms with Gasteiger partial charge in [0.15, 0.2) is 0 Å². The van der Waals surface area contributed by atoms with E-state index in [1.165, 1.54) is 12.1 Å².